The molecule has 26 heavy (non-hydrogen) atoms. The van der Waals surface area contributed by atoms with Crippen LogP contribution in [0, 0.1) is 23.5 Å². The Hall–Kier alpha value is -1.96. The molecule has 0 N–H and O–H groups in total. The van der Waals surface area contributed by atoms with Gasteiger partial charge in [-0.15, -0.1) is 6.58 Å². The first-order valence-corrected chi connectivity index (χ1v) is 9.69. The van der Waals surface area contributed by atoms with Crippen LogP contribution in [0.1, 0.15) is 56.6 Å². The van der Waals surface area contributed by atoms with Crippen LogP contribution in [0.15, 0.2) is 49.1 Å². The van der Waals surface area contributed by atoms with E-state index < -0.39 is 11.6 Å². The van der Waals surface area contributed by atoms with Gasteiger partial charge in [-0.25, -0.2) is 8.78 Å². The SMILES string of the molecule is C=CC1CCC(c2ccc(-c3ccc(CC(C)C)c(F)c3F)cc2)CC1. The molecule has 0 unspecified atom stereocenters. The second-order valence-electron chi connectivity index (χ2n) is 7.97. The van der Waals surface area contributed by atoms with Crippen LogP contribution in [0.25, 0.3) is 11.1 Å². The quantitative estimate of drug-likeness (QED) is 0.495. The molecule has 3 rings (SSSR count). The predicted molar refractivity (Wildman–Crippen MR) is 105 cm³/mol. The number of allylic oxidation sites excluding steroid dienone is 1. The third kappa shape index (κ3) is 4.06. The maximum Gasteiger partial charge on any atom is 0.166 e. The van der Waals surface area contributed by atoms with Crippen LogP contribution in [-0.4, -0.2) is 0 Å². The highest BCUT2D eigenvalue weighted by molar-refractivity contribution is 5.65. The number of rotatable bonds is 5. The minimum atomic E-state index is -0.734. The molecule has 0 radical (unpaired) electrons. The highest BCUT2D eigenvalue weighted by atomic mass is 19.2. The summed E-state index contributed by atoms with van der Waals surface area (Å²) in [7, 11) is 0. The van der Waals surface area contributed by atoms with Gasteiger partial charge < -0.3 is 0 Å². The zero-order chi connectivity index (χ0) is 18.7. The van der Waals surface area contributed by atoms with Crippen molar-refractivity contribution in [2.24, 2.45) is 11.8 Å². The first-order valence-electron chi connectivity index (χ1n) is 9.69. The smallest absolute Gasteiger partial charge is 0.166 e. The van der Waals surface area contributed by atoms with E-state index in [4.69, 9.17) is 0 Å². The first-order chi connectivity index (χ1) is 12.5. The fourth-order valence-electron chi connectivity index (χ4n) is 4.03. The van der Waals surface area contributed by atoms with Gasteiger partial charge in [0.05, 0.1) is 0 Å². The second kappa shape index (κ2) is 8.16. The molecule has 0 aromatic heterocycles. The maximum absolute atomic E-state index is 14.6. The van der Waals surface area contributed by atoms with Gasteiger partial charge in [0, 0.05) is 5.56 Å². The zero-order valence-electron chi connectivity index (χ0n) is 15.8. The van der Waals surface area contributed by atoms with E-state index in [1.165, 1.54) is 31.2 Å². The summed E-state index contributed by atoms with van der Waals surface area (Å²) in [5.41, 5.74) is 2.84. The molecule has 1 fully saturated rings. The molecule has 0 spiro atoms. The van der Waals surface area contributed by atoms with Gasteiger partial charge >= 0.3 is 0 Å². The molecule has 2 aromatic rings. The van der Waals surface area contributed by atoms with Gasteiger partial charge in [0.1, 0.15) is 0 Å². The zero-order valence-corrected chi connectivity index (χ0v) is 15.8. The molecule has 0 heterocycles. The summed E-state index contributed by atoms with van der Waals surface area (Å²) < 4.78 is 28.9. The van der Waals surface area contributed by atoms with E-state index in [-0.39, 0.29) is 0 Å². The Morgan fingerprint density at radius 3 is 2.19 bits per heavy atom. The topological polar surface area (TPSA) is 0 Å². The highest BCUT2D eigenvalue weighted by Gasteiger charge is 2.21. The van der Waals surface area contributed by atoms with E-state index in [1.54, 1.807) is 12.1 Å². The van der Waals surface area contributed by atoms with E-state index in [2.05, 4.69) is 24.8 Å². The minimum Gasteiger partial charge on any atom is -0.203 e. The Bertz CT molecular complexity index is 751. The number of halogens is 2. The molecule has 0 amide bonds. The fourth-order valence-corrected chi connectivity index (χ4v) is 4.03. The Kier molecular flexibility index (Phi) is 5.90. The van der Waals surface area contributed by atoms with Crippen LogP contribution in [0.3, 0.4) is 0 Å². The van der Waals surface area contributed by atoms with E-state index in [0.29, 0.717) is 35.3 Å². The monoisotopic (exact) mass is 354 g/mol. The lowest BCUT2D eigenvalue weighted by atomic mass is 9.78. The molecule has 1 saturated carbocycles. The molecule has 1 aliphatic rings. The summed E-state index contributed by atoms with van der Waals surface area (Å²) in [5, 5.41) is 0. The van der Waals surface area contributed by atoms with Gasteiger partial charge in [0.25, 0.3) is 0 Å². The van der Waals surface area contributed by atoms with Crippen LogP contribution in [0.5, 0.6) is 0 Å². The van der Waals surface area contributed by atoms with Gasteiger partial charge in [-0.1, -0.05) is 56.3 Å². The van der Waals surface area contributed by atoms with Gasteiger partial charge in [-0.3, -0.25) is 0 Å². The van der Waals surface area contributed by atoms with Crippen molar-refractivity contribution < 1.29 is 8.78 Å². The van der Waals surface area contributed by atoms with Crippen LogP contribution in [0.2, 0.25) is 0 Å². The lowest BCUT2D eigenvalue weighted by Gasteiger charge is -2.27. The van der Waals surface area contributed by atoms with Gasteiger partial charge in [0.15, 0.2) is 11.6 Å². The lowest BCUT2D eigenvalue weighted by Crippen LogP contribution is -2.11. The Morgan fingerprint density at radius 1 is 0.962 bits per heavy atom. The summed E-state index contributed by atoms with van der Waals surface area (Å²) in [4.78, 5) is 0. The summed E-state index contributed by atoms with van der Waals surface area (Å²) in [6.45, 7) is 7.91. The van der Waals surface area contributed by atoms with Crippen molar-refractivity contribution in [3.63, 3.8) is 0 Å². The van der Waals surface area contributed by atoms with Gasteiger partial charge in [0.2, 0.25) is 0 Å². The normalized spacial score (nSPS) is 20.3. The molecule has 1 aliphatic carbocycles. The number of hydrogen-bond acceptors (Lipinski definition) is 0. The molecule has 138 valence electrons. The molecule has 2 heteroatoms. The molecule has 0 saturated heterocycles. The Morgan fingerprint density at radius 2 is 1.62 bits per heavy atom. The first kappa shape index (κ1) is 18.8. The van der Waals surface area contributed by atoms with E-state index >= 15 is 0 Å². The van der Waals surface area contributed by atoms with Crippen molar-refractivity contribution in [2.75, 3.05) is 0 Å². The van der Waals surface area contributed by atoms with Crippen molar-refractivity contribution in [2.45, 2.75) is 51.9 Å². The lowest BCUT2D eigenvalue weighted by molar-refractivity contribution is 0.376. The third-order valence-electron chi connectivity index (χ3n) is 5.59. The van der Waals surface area contributed by atoms with Crippen molar-refractivity contribution >= 4 is 0 Å². The van der Waals surface area contributed by atoms with E-state index in [0.717, 1.165) is 5.56 Å². The fraction of sp³-hybridized carbons (Fsp3) is 0.417. The van der Waals surface area contributed by atoms with Crippen LogP contribution < -0.4 is 0 Å². The molecular formula is C24H28F2. The van der Waals surface area contributed by atoms with E-state index in [9.17, 15) is 8.78 Å². The minimum absolute atomic E-state index is 0.296. The third-order valence-corrected chi connectivity index (χ3v) is 5.59. The van der Waals surface area contributed by atoms with Crippen molar-refractivity contribution in [3.05, 3.63) is 71.8 Å². The average molecular weight is 354 g/mol. The average Bonchev–Trinajstić information content (AvgIpc) is 2.66. The Labute approximate surface area is 156 Å². The molecule has 0 bridgehead atoms. The number of hydrogen-bond donors (Lipinski definition) is 0. The standard InChI is InChI=1S/C24H28F2/c1-4-17-5-7-18(8-6-17)19-9-11-20(12-10-19)22-14-13-21(15-16(2)3)23(25)24(22)26/h4,9-14,16-18H,1,5-8,15H2,2-3H3. The molecular weight excluding hydrogens is 326 g/mol. The van der Waals surface area contributed by atoms with Crippen LogP contribution in [-0.2, 0) is 6.42 Å². The van der Waals surface area contributed by atoms with Gasteiger partial charge in [-0.2, -0.15) is 0 Å². The molecule has 2 aromatic carbocycles. The summed E-state index contributed by atoms with van der Waals surface area (Å²) in [5.74, 6) is 0.0674. The highest BCUT2D eigenvalue weighted by Crippen LogP contribution is 2.37. The molecule has 0 nitrogen and oxygen atoms in total. The van der Waals surface area contributed by atoms with Crippen molar-refractivity contribution in [1.29, 1.82) is 0 Å². The van der Waals surface area contributed by atoms with Crippen molar-refractivity contribution in [3.8, 4) is 11.1 Å². The predicted octanol–water partition coefficient (Wildman–Crippen LogP) is 7.29. The summed E-state index contributed by atoms with van der Waals surface area (Å²) >= 11 is 0. The number of benzene rings is 2. The van der Waals surface area contributed by atoms with Gasteiger partial charge in [-0.05, 0) is 66.5 Å². The largest absolute Gasteiger partial charge is 0.203 e. The van der Waals surface area contributed by atoms with E-state index in [1.807, 2.05) is 26.0 Å². The maximum atomic E-state index is 14.6. The van der Waals surface area contributed by atoms with Crippen molar-refractivity contribution in [1.82, 2.24) is 0 Å². The second-order valence-corrected chi connectivity index (χ2v) is 7.97. The van der Waals surface area contributed by atoms with Crippen LogP contribution in [0.4, 0.5) is 8.78 Å². The molecule has 0 atom stereocenters. The van der Waals surface area contributed by atoms with Crippen LogP contribution >= 0.6 is 0 Å². The summed E-state index contributed by atoms with van der Waals surface area (Å²) in [6.07, 6.45) is 7.33. The summed E-state index contributed by atoms with van der Waals surface area (Å²) in [6, 6.07) is 11.4. The Balaban J connectivity index is 1.78. The molecule has 0 aliphatic heterocycles.